The summed E-state index contributed by atoms with van der Waals surface area (Å²) >= 11 is 3.54. The van der Waals surface area contributed by atoms with Crippen molar-refractivity contribution in [3.05, 3.63) is 106 Å². The van der Waals surface area contributed by atoms with Crippen molar-refractivity contribution in [3.8, 4) is 11.5 Å². The molecule has 2 N–H and O–H groups in total. The fourth-order valence-corrected chi connectivity index (χ4v) is 4.12. The lowest BCUT2D eigenvalue weighted by molar-refractivity contribution is -0.129. The molecule has 1 atom stereocenters. The van der Waals surface area contributed by atoms with Gasteiger partial charge in [0, 0.05) is 0 Å². The summed E-state index contributed by atoms with van der Waals surface area (Å²) in [6, 6.07) is 26.5. The van der Waals surface area contributed by atoms with Crippen LogP contribution in [0.25, 0.3) is 10.8 Å². The first kappa shape index (κ1) is 23.5. The van der Waals surface area contributed by atoms with Crippen molar-refractivity contribution in [2.45, 2.75) is 12.7 Å². The Kier molecular flexibility index (Phi) is 7.57. The van der Waals surface area contributed by atoms with Gasteiger partial charge in [0.05, 0.1) is 17.8 Å². The Morgan fingerprint density at radius 3 is 2.59 bits per heavy atom. The van der Waals surface area contributed by atoms with Gasteiger partial charge in [0.1, 0.15) is 6.61 Å². The van der Waals surface area contributed by atoms with E-state index in [0.29, 0.717) is 33.7 Å². The third kappa shape index (κ3) is 5.44. The van der Waals surface area contributed by atoms with Gasteiger partial charge >= 0.3 is 0 Å². The summed E-state index contributed by atoms with van der Waals surface area (Å²) in [5.41, 5.74) is 4.59. The molecular weight excluding hydrogens is 496 g/mol. The Balaban J connectivity index is 1.45. The van der Waals surface area contributed by atoms with Gasteiger partial charge in [-0.2, -0.15) is 5.10 Å². The molecule has 0 radical (unpaired) electrons. The molecule has 0 aromatic heterocycles. The van der Waals surface area contributed by atoms with Crippen molar-refractivity contribution in [1.29, 1.82) is 0 Å². The summed E-state index contributed by atoms with van der Waals surface area (Å²) in [5.74, 6) is 0.464. The SMILES string of the molecule is COc1cc(/C=N\NC(=O)[C@@H](O)c2ccccc2)cc(Br)c1OCc1cccc2ccccc12. The normalized spacial score (nSPS) is 12.0. The van der Waals surface area contributed by atoms with E-state index in [-0.39, 0.29) is 0 Å². The number of carbonyl (C=O) groups excluding carboxylic acids is 1. The number of benzene rings is 4. The second-order valence-electron chi connectivity index (χ2n) is 7.51. The van der Waals surface area contributed by atoms with Gasteiger partial charge in [0.2, 0.25) is 0 Å². The van der Waals surface area contributed by atoms with Crippen LogP contribution in [-0.2, 0) is 11.4 Å². The summed E-state index contributed by atoms with van der Waals surface area (Å²) in [4.78, 5) is 12.2. The van der Waals surface area contributed by atoms with Crippen molar-refractivity contribution in [1.82, 2.24) is 5.43 Å². The molecule has 0 aliphatic heterocycles. The molecule has 0 spiro atoms. The first-order chi connectivity index (χ1) is 16.6. The lowest BCUT2D eigenvalue weighted by atomic mass is 10.1. The molecule has 0 bridgehead atoms. The Bertz CT molecular complexity index is 1320. The number of ether oxygens (including phenoxy) is 2. The minimum atomic E-state index is -1.30. The molecule has 172 valence electrons. The zero-order valence-electron chi connectivity index (χ0n) is 18.4. The second-order valence-corrected chi connectivity index (χ2v) is 8.36. The minimum Gasteiger partial charge on any atom is -0.493 e. The van der Waals surface area contributed by atoms with Crippen molar-refractivity contribution >= 4 is 38.8 Å². The number of fused-ring (bicyclic) bond motifs is 1. The Morgan fingerprint density at radius 1 is 1.06 bits per heavy atom. The minimum absolute atomic E-state index is 0.372. The van der Waals surface area contributed by atoms with E-state index in [9.17, 15) is 9.90 Å². The van der Waals surface area contributed by atoms with Gasteiger partial charge in [-0.1, -0.05) is 72.8 Å². The van der Waals surface area contributed by atoms with Crippen molar-refractivity contribution in [3.63, 3.8) is 0 Å². The highest BCUT2D eigenvalue weighted by atomic mass is 79.9. The molecule has 0 fully saturated rings. The molecule has 0 saturated carbocycles. The van der Waals surface area contributed by atoms with Crippen LogP contribution in [0.4, 0.5) is 0 Å². The van der Waals surface area contributed by atoms with Crippen LogP contribution in [-0.4, -0.2) is 24.3 Å². The topological polar surface area (TPSA) is 80.2 Å². The summed E-state index contributed by atoms with van der Waals surface area (Å²) in [6.45, 7) is 0.372. The zero-order valence-corrected chi connectivity index (χ0v) is 20.0. The number of carbonyl (C=O) groups is 1. The number of rotatable bonds is 8. The monoisotopic (exact) mass is 518 g/mol. The fraction of sp³-hybridized carbons (Fsp3) is 0.111. The standard InChI is InChI=1S/C27H23BrN2O4/c1-33-24-15-18(16-29-30-27(32)25(31)20-9-3-2-4-10-20)14-23(28)26(24)34-17-21-12-7-11-19-8-5-6-13-22(19)21/h2-16,25,31H,17H2,1H3,(H,30,32)/b29-16-/t25-/m0/s1. The van der Waals surface area contributed by atoms with Crippen molar-refractivity contribution < 1.29 is 19.4 Å². The van der Waals surface area contributed by atoms with Gasteiger partial charge in [0.25, 0.3) is 5.91 Å². The number of aliphatic hydroxyl groups excluding tert-OH is 1. The Labute approximate surface area is 206 Å². The molecule has 4 aromatic rings. The Hall–Kier alpha value is -3.68. The van der Waals surface area contributed by atoms with E-state index in [0.717, 1.165) is 16.3 Å². The third-order valence-electron chi connectivity index (χ3n) is 5.26. The summed E-state index contributed by atoms with van der Waals surface area (Å²) in [7, 11) is 1.56. The van der Waals surface area contributed by atoms with Crippen LogP contribution in [0.5, 0.6) is 11.5 Å². The van der Waals surface area contributed by atoms with E-state index < -0.39 is 12.0 Å². The maximum Gasteiger partial charge on any atom is 0.273 e. The maximum absolute atomic E-state index is 12.2. The van der Waals surface area contributed by atoms with Crippen LogP contribution >= 0.6 is 15.9 Å². The summed E-state index contributed by atoms with van der Waals surface area (Å²) in [6.07, 6.45) is 0.168. The highest BCUT2D eigenvalue weighted by Gasteiger charge is 2.16. The molecule has 4 rings (SSSR count). The van der Waals surface area contributed by atoms with E-state index in [1.54, 1.807) is 37.4 Å². The van der Waals surface area contributed by atoms with Crippen LogP contribution in [0, 0.1) is 0 Å². The lowest BCUT2D eigenvalue weighted by Crippen LogP contribution is -2.25. The average molecular weight is 519 g/mol. The molecule has 0 unspecified atom stereocenters. The third-order valence-corrected chi connectivity index (χ3v) is 5.84. The van der Waals surface area contributed by atoms with E-state index in [1.807, 2.05) is 36.4 Å². The van der Waals surface area contributed by atoms with Crippen LogP contribution in [0.15, 0.2) is 94.5 Å². The van der Waals surface area contributed by atoms with Crippen LogP contribution < -0.4 is 14.9 Å². The number of halogens is 1. The predicted octanol–water partition coefficient (Wildman–Crippen LogP) is 5.37. The van der Waals surface area contributed by atoms with Gasteiger partial charge in [-0.15, -0.1) is 0 Å². The van der Waals surface area contributed by atoms with Crippen molar-refractivity contribution in [2.24, 2.45) is 5.10 Å². The number of aliphatic hydroxyl groups is 1. The van der Waals surface area contributed by atoms with Gasteiger partial charge in [0.15, 0.2) is 17.6 Å². The summed E-state index contributed by atoms with van der Waals surface area (Å²) < 4.78 is 12.3. The first-order valence-corrected chi connectivity index (χ1v) is 11.4. The van der Waals surface area contributed by atoms with Gasteiger partial charge < -0.3 is 14.6 Å². The Morgan fingerprint density at radius 2 is 1.79 bits per heavy atom. The number of amides is 1. The smallest absolute Gasteiger partial charge is 0.273 e. The number of nitrogens with one attached hydrogen (secondary N) is 1. The van der Waals surface area contributed by atoms with Crippen molar-refractivity contribution in [2.75, 3.05) is 7.11 Å². The van der Waals surface area contributed by atoms with Gasteiger partial charge in [-0.05, 0) is 55.5 Å². The first-order valence-electron chi connectivity index (χ1n) is 10.6. The highest BCUT2D eigenvalue weighted by molar-refractivity contribution is 9.10. The number of hydrogen-bond donors (Lipinski definition) is 2. The lowest BCUT2D eigenvalue weighted by Gasteiger charge is -2.14. The summed E-state index contributed by atoms with van der Waals surface area (Å²) in [5, 5.41) is 16.4. The number of methoxy groups -OCH3 is 1. The molecule has 34 heavy (non-hydrogen) atoms. The van der Waals surface area contributed by atoms with Gasteiger partial charge in [-0.3, -0.25) is 4.79 Å². The van der Waals surface area contributed by atoms with E-state index in [2.05, 4.69) is 44.7 Å². The number of hydrazone groups is 1. The molecular formula is C27H23BrN2O4. The maximum atomic E-state index is 12.2. The molecule has 0 heterocycles. The fourth-order valence-electron chi connectivity index (χ4n) is 3.54. The number of hydrogen-bond acceptors (Lipinski definition) is 5. The van der Waals surface area contributed by atoms with Gasteiger partial charge in [-0.25, -0.2) is 5.43 Å². The molecule has 0 saturated heterocycles. The van der Waals surface area contributed by atoms with E-state index in [4.69, 9.17) is 9.47 Å². The molecule has 4 aromatic carbocycles. The predicted molar refractivity (Wildman–Crippen MR) is 136 cm³/mol. The largest absolute Gasteiger partial charge is 0.493 e. The molecule has 0 aliphatic rings. The van der Waals surface area contributed by atoms with Crippen LogP contribution in [0.1, 0.15) is 22.8 Å². The van der Waals surface area contributed by atoms with Crippen LogP contribution in [0.3, 0.4) is 0 Å². The zero-order chi connectivity index (χ0) is 23.9. The molecule has 1 amide bonds. The van der Waals surface area contributed by atoms with E-state index in [1.165, 1.54) is 6.21 Å². The quantitative estimate of drug-likeness (QED) is 0.242. The van der Waals surface area contributed by atoms with Crippen LogP contribution in [0.2, 0.25) is 0 Å². The molecule has 6 nitrogen and oxygen atoms in total. The molecule has 0 aliphatic carbocycles. The number of nitrogens with zero attached hydrogens (tertiary/aromatic N) is 1. The van der Waals surface area contributed by atoms with E-state index >= 15 is 0 Å². The second kappa shape index (κ2) is 11.0. The molecule has 7 heteroatoms. The average Bonchev–Trinajstić information content (AvgIpc) is 2.87. The highest BCUT2D eigenvalue weighted by Crippen LogP contribution is 2.37.